The summed E-state index contributed by atoms with van der Waals surface area (Å²) in [5.41, 5.74) is 0.954. The fraction of sp³-hybridized carbons (Fsp3) is 0.111. The van der Waals surface area contributed by atoms with Crippen molar-refractivity contribution in [3.63, 3.8) is 0 Å². The van der Waals surface area contributed by atoms with Crippen LogP contribution in [0.4, 0.5) is 0 Å². The van der Waals surface area contributed by atoms with Crippen LogP contribution in [0.1, 0.15) is 11.7 Å². The standard InChI is InChI=1S/C18H15ClOS/c19-16-7-9-17(10-8-16)21-12-18(20)15-6-5-13-3-1-2-4-14(13)11-15/h1-11,18,20H,12H2. The smallest absolute Gasteiger partial charge is 0.0884 e. The third kappa shape index (κ3) is 3.59. The summed E-state index contributed by atoms with van der Waals surface area (Å²) < 4.78 is 0. The molecule has 0 saturated carbocycles. The predicted molar refractivity (Wildman–Crippen MR) is 91.1 cm³/mol. The largest absolute Gasteiger partial charge is 0.388 e. The molecular formula is C18H15ClOS. The van der Waals surface area contributed by atoms with E-state index in [2.05, 4.69) is 24.3 Å². The summed E-state index contributed by atoms with van der Waals surface area (Å²) in [6, 6.07) is 22.0. The summed E-state index contributed by atoms with van der Waals surface area (Å²) in [7, 11) is 0. The van der Waals surface area contributed by atoms with E-state index in [1.54, 1.807) is 11.8 Å². The summed E-state index contributed by atoms with van der Waals surface area (Å²) in [6.45, 7) is 0. The molecule has 0 spiro atoms. The second kappa shape index (κ2) is 6.52. The molecule has 0 saturated heterocycles. The Morgan fingerprint density at radius 3 is 2.38 bits per heavy atom. The topological polar surface area (TPSA) is 20.2 Å². The van der Waals surface area contributed by atoms with Crippen LogP contribution in [-0.4, -0.2) is 10.9 Å². The van der Waals surface area contributed by atoms with Gasteiger partial charge in [-0.1, -0.05) is 48.0 Å². The average molecular weight is 315 g/mol. The lowest BCUT2D eigenvalue weighted by Crippen LogP contribution is -2.00. The second-order valence-corrected chi connectivity index (χ2v) is 6.42. The molecule has 3 rings (SSSR count). The van der Waals surface area contributed by atoms with E-state index in [-0.39, 0.29) is 0 Å². The molecule has 0 aliphatic heterocycles. The van der Waals surface area contributed by atoms with Crippen molar-refractivity contribution in [1.82, 2.24) is 0 Å². The van der Waals surface area contributed by atoms with Crippen LogP contribution in [0, 0.1) is 0 Å². The first kappa shape index (κ1) is 14.5. The number of hydrogen-bond acceptors (Lipinski definition) is 2. The van der Waals surface area contributed by atoms with Crippen molar-refractivity contribution in [2.24, 2.45) is 0 Å². The van der Waals surface area contributed by atoms with Crippen molar-refractivity contribution in [2.75, 3.05) is 5.75 Å². The van der Waals surface area contributed by atoms with Gasteiger partial charge in [-0.2, -0.15) is 0 Å². The lowest BCUT2D eigenvalue weighted by molar-refractivity contribution is 0.204. The fourth-order valence-electron chi connectivity index (χ4n) is 2.22. The van der Waals surface area contributed by atoms with Crippen molar-refractivity contribution in [3.8, 4) is 0 Å². The third-order valence-corrected chi connectivity index (χ3v) is 4.72. The van der Waals surface area contributed by atoms with Gasteiger partial charge >= 0.3 is 0 Å². The summed E-state index contributed by atoms with van der Waals surface area (Å²) in [6.07, 6.45) is -0.477. The van der Waals surface area contributed by atoms with Crippen LogP contribution in [0.2, 0.25) is 5.02 Å². The Balaban J connectivity index is 1.71. The van der Waals surface area contributed by atoms with Gasteiger partial charge in [0.25, 0.3) is 0 Å². The molecule has 0 aliphatic rings. The van der Waals surface area contributed by atoms with Gasteiger partial charge in [0.05, 0.1) is 6.10 Å². The minimum Gasteiger partial charge on any atom is -0.388 e. The fourth-order valence-corrected chi connectivity index (χ4v) is 3.21. The number of aliphatic hydroxyl groups is 1. The van der Waals surface area contributed by atoms with Crippen LogP contribution in [0.15, 0.2) is 71.6 Å². The Morgan fingerprint density at radius 1 is 0.905 bits per heavy atom. The number of benzene rings is 3. The first-order valence-corrected chi connectivity index (χ1v) is 8.14. The monoisotopic (exact) mass is 314 g/mol. The van der Waals surface area contributed by atoms with Crippen LogP contribution in [0.3, 0.4) is 0 Å². The molecule has 1 atom stereocenters. The number of fused-ring (bicyclic) bond motifs is 1. The lowest BCUT2D eigenvalue weighted by Gasteiger charge is -2.11. The van der Waals surface area contributed by atoms with Crippen LogP contribution >= 0.6 is 23.4 Å². The zero-order chi connectivity index (χ0) is 14.7. The molecule has 106 valence electrons. The van der Waals surface area contributed by atoms with Crippen molar-refractivity contribution >= 4 is 34.1 Å². The molecule has 3 aromatic carbocycles. The molecule has 0 aromatic heterocycles. The molecule has 0 aliphatic carbocycles. The zero-order valence-electron chi connectivity index (χ0n) is 11.4. The molecular weight excluding hydrogens is 300 g/mol. The summed E-state index contributed by atoms with van der Waals surface area (Å²) >= 11 is 7.50. The van der Waals surface area contributed by atoms with E-state index in [0.29, 0.717) is 5.75 Å². The first-order chi connectivity index (χ1) is 10.2. The minimum absolute atomic E-state index is 0.477. The number of aliphatic hydroxyl groups excluding tert-OH is 1. The van der Waals surface area contributed by atoms with Gasteiger partial charge < -0.3 is 5.11 Å². The number of rotatable bonds is 4. The van der Waals surface area contributed by atoms with Crippen molar-refractivity contribution in [3.05, 3.63) is 77.3 Å². The molecule has 0 fully saturated rings. The Kier molecular flexibility index (Phi) is 4.49. The normalized spacial score (nSPS) is 12.5. The second-order valence-electron chi connectivity index (χ2n) is 4.89. The van der Waals surface area contributed by atoms with Crippen LogP contribution < -0.4 is 0 Å². The van der Waals surface area contributed by atoms with E-state index >= 15 is 0 Å². The molecule has 0 amide bonds. The van der Waals surface area contributed by atoms with Gasteiger partial charge in [0.15, 0.2) is 0 Å². The molecule has 3 heteroatoms. The highest BCUT2D eigenvalue weighted by atomic mass is 35.5. The molecule has 1 nitrogen and oxygen atoms in total. The maximum absolute atomic E-state index is 10.3. The van der Waals surface area contributed by atoms with Gasteiger partial charge in [-0.15, -0.1) is 11.8 Å². The summed E-state index contributed by atoms with van der Waals surface area (Å²) in [5, 5.41) is 13.4. The predicted octanol–water partition coefficient (Wildman–Crippen LogP) is 5.32. The zero-order valence-corrected chi connectivity index (χ0v) is 12.9. The molecule has 0 bridgehead atoms. The first-order valence-electron chi connectivity index (χ1n) is 6.77. The number of hydrogen-bond donors (Lipinski definition) is 1. The number of halogens is 1. The third-order valence-electron chi connectivity index (χ3n) is 3.38. The Hall–Kier alpha value is -1.48. The highest BCUT2D eigenvalue weighted by Crippen LogP contribution is 2.27. The molecule has 21 heavy (non-hydrogen) atoms. The van der Waals surface area contributed by atoms with E-state index in [1.165, 1.54) is 5.39 Å². The minimum atomic E-state index is -0.477. The Labute approximate surface area is 133 Å². The van der Waals surface area contributed by atoms with Gasteiger partial charge in [-0.05, 0) is 46.7 Å². The molecule has 0 heterocycles. The number of thioether (sulfide) groups is 1. The van der Waals surface area contributed by atoms with Gasteiger partial charge in [0.2, 0.25) is 0 Å². The SMILES string of the molecule is OC(CSc1ccc(Cl)cc1)c1ccc2ccccc2c1. The highest BCUT2D eigenvalue weighted by molar-refractivity contribution is 7.99. The lowest BCUT2D eigenvalue weighted by atomic mass is 10.0. The maximum atomic E-state index is 10.3. The van der Waals surface area contributed by atoms with E-state index in [1.807, 2.05) is 42.5 Å². The van der Waals surface area contributed by atoms with Crippen LogP contribution in [0.25, 0.3) is 10.8 Å². The van der Waals surface area contributed by atoms with Gasteiger partial charge in [-0.25, -0.2) is 0 Å². The molecule has 3 aromatic rings. The van der Waals surface area contributed by atoms with E-state index in [4.69, 9.17) is 11.6 Å². The summed E-state index contributed by atoms with van der Waals surface area (Å²) in [5.74, 6) is 0.625. The van der Waals surface area contributed by atoms with Crippen molar-refractivity contribution < 1.29 is 5.11 Å². The van der Waals surface area contributed by atoms with Crippen molar-refractivity contribution in [2.45, 2.75) is 11.0 Å². The Bertz CT molecular complexity index is 740. The molecule has 1 N–H and O–H groups in total. The molecule has 1 unspecified atom stereocenters. The highest BCUT2D eigenvalue weighted by Gasteiger charge is 2.09. The van der Waals surface area contributed by atoms with Gasteiger partial charge in [0.1, 0.15) is 0 Å². The van der Waals surface area contributed by atoms with Crippen LogP contribution in [0.5, 0.6) is 0 Å². The van der Waals surface area contributed by atoms with Gasteiger partial charge in [-0.3, -0.25) is 0 Å². The van der Waals surface area contributed by atoms with Gasteiger partial charge in [0, 0.05) is 15.7 Å². The van der Waals surface area contributed by atoms with Crippen LogP contribution in [-0.2, 0) is 0 Å². The maximum Gasteiger partial charge on any atom is 0.0884 e. The van der Waals surface area contributed by atoms with E-state index in [9.17, 15) is 5.11 Å². The van der Waals surface area contributed by atoms with E-state index in [0.717, 1.165) is 20.9 Å². The quantitative estimate of drug-likeness (QED) is 0.658. The average Bonchev–Trinajstić information content (AvgIpc) is 2.53. The summed E-state index contributed by atoms with van der Waals surface area (Å²) in [4.78, 5) is 1.11. The molecule has 0 radical (unpaired) electrons. The van der Waals surface area contributed by atoms with Crippen molar-refractivity contribution in [1.29, 1.82) is 0 Å². The van der Waals surface area contributed by atoms with E-state index < -0.39 is 6.10 Å². The Morgan fingerprint density at radius 2 is 1.62 bits per heavy atom.